The second-order valence-electron chi connectivity index (χ2n) is 6.28. The monoisotopic (exact) mass is 438 g/mol. The Bertz CT molecular complexity index is 1130. The summed E-state index contributed by atoms with van der Waals surface area (Å²) in [4.78, 5) is 16.5. The molecule has 0 spiro atoms. The molecule has 6 nitrogen and oxygen atoms in total. The van der Waals surface area contributed by atoms with Crippen LogP contribution in [0.1, 0.15) is 20.8 Å². The maximum atomic E-state index is 12.2. The minimum absolute atomic E-state index is 0.117. The smallest absolute Gasteiger partial charge is 0.400 e. The van der Waals surface area contributed by atoms with Crippen molar-refractivity contribution in [3.05, 3.63) is 77.8 Å². The van der Waals surface area contributed by atoms with Crippen molar-refractivity contribution in [1.82, 2.24) is 4.98 Å². The van der Waals surface area contributed by atoms with Gasteiger partial charge in [0.1, 0.15) is 17.0 Å². The van der Waals surface area contributed by atoms with Crippen LogP contribution in [-0.4, -0.2) is 17.0 Å². The van der Waals surface area contributed by atoms with Crippen LogP contribution in [0.4, 0.5) is 5.69 Å². The standard InChI is InChI=1S/C22H17ClN2O4.C2H6/c1-14(21(26)24-16-5-3-2-4-6-16)27-17-8-10-18(11-9-17)28-22-25-19-12-7-15(23)13-20(19)29-22;1-2/h2-14H,1H3,(H,24,26);1-2H3. The van der Waals surface area contributed by atoms with Gasteiger partial charge >= 0.3 is 6.08 Å². The van der Waals surface area contributed by atoms with Gasteiger partial charge in [0.25, 0.3) is 5.91 Å². The lowest BCUT2D eigenvalue weighted by Gasteiger charge is -2.15. The lowest BCUT2D eigenvalue weighted by atomic mass is 10.3. The van der Waals surface area contributed by atoms with E-state index in [4.69, 9.17) is 25.5 Å². The van der Waals surface area contributed by atoms with Crippen LogP contribution < -0.4 is 14.8 Å². The Balaban J connectivity index is 0.00000132. The van der Waals surface area contributed by atoms with Gasteiger partial charge in [0.15, 0.2) is 11.7 Å². The lowest BCUT2D eigenvalue weighted by Crippen LogP contribution is -2.30. The molecule has 0 saturated heterocycles. The summed E-state index contributed by atoms with van der Waals surface area (Å²) in [6, 6.07) is 21.2. The first kappa shape index (κ1) is 22.2. The van der Waals surface area contributed by atoms with Crippen LogP contribution in [0.15, 0.2) is 77.2 Å². The van der Waals surface area contributed by atoms with Crippen molar-refractivity contribution in [2.45, 2.75) is 26.9 Å². The zero-order valence-corrected chi connectivity index (χ0v) is 18.2. The second-order valence-corrected chi connectivity index (χ2v) is 6.72. The highest BCUT2D eigenvalue weighted by Crippen LogP contribution is 2.28. The molecule has 0 bridgehead atoms. The van der Waals surface area contributed by atoms with E-state index in [9.17, 15) is 4.79 Å². The van der Waals surface area contributed by atoms with Gasteiger partial charge in [0.2, 0.25) is 0 Å². The largest absolute Gasteiger partial charge is 0.481 e. The molecule has 160 valence electrons. The third-order valence-electron chi connectivity index (χ3n) is 4.08. The van der Waals surface area contributed by atoms with Gasteiger partial charge in [-0.3, -0.25) is 4.79 Å². The average molecular weight is 439 g/mol. The SMILES string of the molecule is CC.CC(Oc1ccc(Oc2nc3ccc(Cl)cc3o2)cc1)C(=O)Nc1ccccc1. The second kappa shape index (κ2) is 10.5. The molecule has 4 aromatic rings. The Morgan fingerprint density at radius 2 is 1.68 bits per heavy atom. The molecule has 1 N–H and O–H groups in total. The van der Waals surface area contributed by atoms with Crippen molar-refractivity contribution in [3.8, 4) is 17.6 Å². The molecule has 0 aliphatic heterocycles. The number of para-hydroxylation sites is 1. The number of hydrogen-bond donors (Lipinski definition) is 1. The lowest BCUT2D eigenvalue weighted by molar-refractivity contribution is -0.122. The topological polar surface area (TPSA) is 73.6 Å². The number of halogens is 1. The summed E-state index contributed by atoms with van der Waals surface area (Å²) in [6.07, 6.45) is -0.546. The number of fused-ring (bicyclic) bond motifs is 1. The number of ether oxygens (including phenoxy) is 2. The number of rotatable bonds is 6. The first-order chi connectivity index (χ1) is 15.1. The molecule has 1 unspecified atom stereocenters. The van der Waals surface area contributed by atoms with E-state index in [0.29, 0.717) is 27.6 Å². The van der Waals surface area contributed by atoms with E-state index in [1.807, 2.05) is 44.2 Å². The molecule has 0 radical (unpaired) electrons. The highest BCUT2D eigenvalue weighted by Gasteiger charge is 2.15. The van der Waals surface area contributed by atoms with Crippen LogP contribution in [0.2, 0.25) is 5.02 Å². The number of aromatic nitrogens is 1. The van der Waals surface area contributed by atoms with Crippen LogP contribution >= 0.6 is 11.6 Å². The molecule has 1 amide bonds. The molecule has 1 aromatic heterocycles. The fourth-order valence-electron chi connectivity index (χ4n) is 2.63. The third-order valence-corrected chi connectivity index (χ3v) is 4.32. The number of nitrogens with one attached hydrogen (secondary N) is 1. The predicted molar refractivity (Wildman–Crippen MR) is 122 cm³/mol. The van der Waals surface area contributed by atoms with Crippen LogP contribution in [-0.2, 0) is 4.79 Å². The minimum Gasteiger partial charge on any atom is -0.481 e. The van der Waals surface area contributed by atoms with Crippen LogP contribution in [0.5, 0.6) is 17.6 Å². The molecule has 0 fully saturated rings. The Morgan fingerprint density at radius 1 is 1.00 bits per heavy atom. The van der Waals surface area contributed by atoms with Crippen LogP contribution in [0.25, 0.3) is 11.1 Å². The first-order valence-corrected chi connectivity index (χ1v) is 10.3. The number of anilines is 1. The summed E-state index contributed by atoms with van der Waals surface area (Å²) in [5, 5.41) is 3.37. The van der Waals surface area contributed by atoms with Gasteiger partial charge in [-0.1, -0.05) is 43.6 Å². The van der Waals surface area contributed by atoms with E-state index in [1.165, 1.54) is 0 Å². The molecule has 1 atom stereocenters. The fraction of sp³-hybridized carbons (Fsp3) is 0.167. The maximum absolute atomic E-state index is 12.2. The zero-order chi connectivity index (χ0) is 22.2. The summed E-state index contributed by atoms with van der Waals surface area (Å²) >= 11 is 5.94. The van der Waals surface area contributed by atoms with Crippen molar-refractivity contribution in [3.63, 3.8) is 0 Å². The number of nitrogens with zero attached hydrogens (tertiary/aromatic N) is 1. The number of oxazole rings is 1. The van der Waals surface area contributed by atoms with Crippen LogP contribution in [0, 0.1) is 0 Å². The Morgan fingerprint density at radius 3 is 2.39 bits per heavy atom. The predicted octanol–water partition coefficient (Wildman–Crippen LogP) is 6.71. The molecule has 3 aromatic carbocycles. The van der Waals surface area contributed by atoms with E-state index < -0.39 is 6.10 Å². The van der Waals surface area contributed by atoms with Gasteiger partial charge < -0.3 is 19.2 Å². The summed E-state index contributed by atoms with van der Waals surface area (Å²) in [7, 11) is 0. The molecule has 0 aliphatic carbocycles. The van der Waals surface area contributed by atoms with Gasteiger partial charge in [-0.25, -0.2) is 0 Å². The molecule has 0 aliphatic rings. The molecular weight excluding hydrogens is 416 g/mol. The van der Waals surface area contributed by atoms with Gasteiger partial charge in [0.05, 0.1) is 0 Å². The zero-order valence-electron chi connectivity index (χ0n) is 17.5. The Labute approximate surface area is 185 Å². The quantitative estimate of drug-likeness (QED) is 0.362. The number of carbonyl (C=O) groups is 1. The van der Waals surface area contributed by atoms with Crippen molar-refractivity contribution in [1.29, 1.82) is 0 Å². The highest BCUT2D eigenvalue weighted by molar-refractivity contribution is 6.31. The molecule has 7 heteroatoms. The van der Waals surface area contributed by atoms with Gasteiger partial charge in [0, 0.05) is 16.8 Å². The summed E-state index contributed by atoms with van der Waals surface area (Å²) in [6.45, 7) is 5.69. The molecular formula is C24H23ClN2O4. The average Bonchev–Trinajstić information content (AvgIpc) is 3.18. The van der Waals surface area contributed by atoms with Gasteiger partial charge in [-0.2, -0.15) is 4.98 Å². The molecule has 1 heterocycles. The van der Waals surface area contributed by atoms with Gasteiger partial charge in [-0.05, 0) is 55.5 Å². The van der Waals surface area contributed by atoms with Crippen molar-refractivity contribution < 1.29 is 18.7 Å². The van der Waals surface area contributed by atoms with E-state index in [0.717, 1.165) is 5.69 Å². The first-order valence-electron chi connectivity index (χ1n) is 9.93. The summed E-state index contributed by atoms with van der Waals surface area (Å²) in [5.41, 5.74) is 1.92. The van der Waals surface area contributed by atoms with Crippen molar-refractivity contribution in [2.24, 2.45) is 0 Å². The molecule has 0 saturated carbocycles. The fourth-order valence-corrected chi connectivity index (χ4v) is 2.79. The summed E-state index contributed by atoms with van der Waals surface area (Å²) in [5.74, 6) is 0.829. The van der Waals surface area contributed by atoms with E-state index >= 15 is 0 Å². The highest BCUT2D eigenvalue weighted by atomic mass is 35.5. The van der Waals surface area contributed by atoms with Gasteiger partial charge in [-0.15, -0.1) is 0 Å². The molecule has 31 heavy (non-hydrogen) atoms. The van der Waals surface area contributed by atoms with E-state index in [1.54, 1.807) is 49.4 Å². The number of hydrogen-bond acceptors (Lipinski definition) is 5. The Kier molecular flexibility index (Phi) is 7.51. The van der Waals surface area contributed by atoms with Crippen molar-refractivity contribution in [2.75, 3.05) is 5.32 Å². The minimum atomic E-state index is -0.663. The van der Waals surface area contributed by atoms with E-state index in [2.05, 4.69) is 10.3 Å². The Hall–Kier alpha value is -3.51. The van der Waals surface area contributed by atoms with E-state index in [-0.39, 0.29) is 12.0 Å². The maximum Gasteiger partial charge on any atom is 0.400 e. The van der Waals surface area contributed by atoms with Crippen LogP contribution in [0.3, 0.4) is 0 Å². The van der Waals surface area contributed by atoms with Crippen molar-refractivity contribution >= 4 is 34.3 Å². The molecule has 4 rings (SSSR count). The summed E-state index contributed by atoms with van der Waals surface area (Å²) < 4.78 is 16.9. The number of benzene rings is 3. The third kappa shape index (κ3) is 5.99. The number of carbonyl (C=O) groups excluding carboxylic acids is 1. The normalized spacial score (nSPS) is 11.2. The number of amides is 1.